The zero-order chi connectivity index (χ0) is 22.7. The molecule has 1 unspecified atom stereocenters. The highest BCUT2D eigenvalue weighted by Gasteiger charge is 2.39. The van der Waals surface area contributed by atoms with Crippen LogP contribution in [0.15, 0.2) is 47.5 Å². The van der Waals surface area contributed by atoms with Gasteiger partial charge in [0.15, 0.2) is 0 Å². The molecule has 2 N–H and O–H groups in total. The number of aliphatic imine (C=N–C) groups is 1. The maximum atomic E-state index is 12.4. The third kappa shape index (κ3) is 4.45. The molecule has 0 aliphatic carbocycles. The van der Waals surface area contributed by atoms with Crippen molar-refractivity contribution < 1.29 is 19.4 Å². The summed E-state index contributed by atoms with van der Waals surface area (Å²) in [5.74, 6) is 1.07. The van der Waals surface area contributed by atoms with E-state index in [2.05, 4.69) is 10.3 Å². The number of rotatable bonds is 8. The van der Waals surface area contributed by atoms with Gasteiger partial charge in [0.1, 0.15) is 11.8 Å². The number of nitrogens with one attached hydrogen (secondary N) is 1. The second kappa shape index (κ2) is 9.40. The van der Waals surface area contributed by atoms with Crippen LogP contribution in [0, 0.1) is 6.92 Å². The molecule has 2 heterocycles. The van der Waals surface area contributed by atoms with Crippen LogP contribution in [-0.2, 0) is 22.7 Å². The average molecular weight is 437 g/mol. The Balaban J connectivity index is 1.31. The van der Waals surface area contributed by atoms with E-state index >= 15 is 0 Å². The smallest absolute Gasteiger partial charge is 0.251 e. The zero-order valence-electron chi connectivity index (χ0n) is 18.4. The average Bonchev–Trinajstić information content (AvgIpc) is 3.11. The van der Waals surface area contributed by atoms with E-state index in [9.17, 15) is 14.7 Å². The standard InChI is InChI=1S/C24H28N4O4/c1-16-18-14-28-20(15-29)23(31)26-24(28)25-19(18)10-11-21(16)32-12-6-9-22(30)27(2)13-17-7-4-3-5-8-17/h3-5,7-8,10-11,20,29H,6,9,12-15H2,1-2H3,(H,25,26,31). The summed E-state index contributed by atoms with van der Waals surface area (Å²) >= 11 is 0. The van der Waals surface area contributed by atoms with Crippen molar-refractivity contribution in [3.8, 4) is 5.75 Å². The highest BCUT2D eigenvalue weighted by atomic mass is 16.5. The van der Waals surface area contributed by atoms with Gasteiger partial charge in [-0.25, -0.2) is 4.99 Å². The lowest BCUT2D eigenvalue weighted by Gasteiger charge is -2.28. The van der Waals surface area contributed by atoms with Crippen LogP contribution in [0.5, 0.6) is 5.75 Å². The fourth-order valence-corrected chi connectivity index (χ4v) is 4.02. The van der Waals surface area contributed by atoms with E-state index in [1.165, 1.54) is 0 Å². The van der Waals surface area contributed by atoms with Gasteiger partial charge >= 0.3 is 0 Å². The van der Waals surface area contributed by atoms with Crippen LogP contribution in [0.3, 0.4) is 0 Å². The fraction of sp³-hybridized carbons (Fsp3) is 0.375. The van der Waals surface area contributed by atoms with Crippen LogP contribution in [0.4, 0.5) is 5.69 Å². The summed E-state index contributed by atoms with van der Waals surface area (Å²) < 4.78 is 5.97. The topological polar surface area (TPSA) is 94.5 Å². The molecule has 168 valence electrons. The molecule has 0 radical (unpaired) electrons. The van der Waals surface area contributed by atoms with E-state index in [0.717, 1.165) is 28.1 Å². The number of amides is 2. The summed E-state index contributed by atoms with van der Waals surface area (Å²) in [5, 5.41) is 12.3. The SMILES string of the molecule is Cc1c(OCCCC(=O)N(C)Cc2ccccc2)ccc2c1CN1C(=N2)NC(=O)C1CO. The van der Waals surface area contributed by atoms with Crippen LogP contribution >= 0.6 is 0 Å². The lowest BCUT2D eigenvalue weighted by Crippen LogP contribution is -2.39. The normalized spacial score (nSPS) is 16.7. The number of guanidine groups is 1. The Hall–Kier alpha value is -3.39. The van der Waals surface area contributed by atoms with Crippen LogP contribution in [0.2, 0.25) is 0 Å². The largest absolute Gasteiger partial charge is 0.493 e. The van der Waals surface area contributed by atoms with Gasteiger partial charge in [-0.05, 0) is 36.6 Å². The molecular weight excluding hydrogens is 408 g/mol. The van der Waals surface area contributed by atoms with E-state index in [4.69, 9.17) is 4.74 Å². The number of carbonyl (C=O) groups excluding carboxylic acids is 2. The molecule has 0 aromatic heterocycles. The first-order valence-corrected chi connectivity index (χ1v) is 10.8. The molecule has 1 atom stereocenters. The van der Waals surface area contributed by atoms with Gasteiger partial charge in [0, 0.05) is 32.1 Å². The Bertz CT molecular complexity index is 1040. The highest BCUT2D eigenvalue weighted by Crippen LogP contribution is 2.35. The van der Waals surface area contributed by atoms with E-state index in [1.807, 2.05) is 56.4 Å². The number of aliphatic hydroxyl groups is 1. The van der Waals surface area contributed by atoms with Gasteiger partial charge < -0.3 is 19.6 Å². The van der Waals surface area contributed by atoms with Crippen molar-refractivity contribution in [2.45, 2.75) is 38.9 Å². The first-order chi connectivity index (χ1) is 15.5. The third-order valence-corrected chi connectivity index (χ3v) is 5.92. The summed E-state index contributed by atoms with van der Waals surface area (Å²) in [6.07, 6.45) is 1.04. The maximum absolute atomic E-state index is 12.4. The third-order valence-electron chi connectivity index (χ3n) is 5.92. The summed E-state index contributed by atoms with van der Waals surface area (Å²) in [4.78, 5) is 32.4. The number of benzene rings is 2. The van der Waals surface area contributed by atoms with Crippen molar-refractivity contribution >= 4 is 23.5 Å². The zero-order valence-corrected chi connectivity index (χ0v) is 18.4. The number of fused-ring (bicyclic) bond motifs is 2. The molecule has 2 aromatic carbocycles. The summed E-state index contributed by atoms with van der Waals surface area (Å²) in [5.41, 5.74) is 3.82. The Kier molecular flexibility index (Phi) is 6.41. The molecule has 0 spiro atoms. The van der Waals surface area contributed by atoms with Gasteiger partial charge in [-0.1, -0.05) is 30.3 Å². The molecule has 1 saturated heterocycles. The Morgan fingerprint density at radius 1 is 1.28 bits per heavy atom. The molecule has 2 aliphatic rings. The maximum Gasteiger partial charge on any atom is 0.251 e. The number of hydrogen-bond donors (Lipinski definition) is 2. The minimum absolute atomic E-state index is 0.0859. The first-order valence-electron chi connectivity index (χ1n) is 10.8. The number of hydrogen-bond acceptors (Lipinski definition) is 6. The van der Waals surface area contributed by atoms with Crippen molar-refractivity contribution in [2.24, 2.45) is 4.99 Å². The Morgan fingerprint density at radius 2 is 2.06 bits per heavy atom. The molecule has 2 aromatic rings. The molecule has 32 heavy (non-hydrogen) atoms. The Morgan fingerprint density at radius 3 is 2.81 bits per heavy atom. The van der Waals surface area contributed by atoms with Crippen LogP contribution in [0.25, 0.3) is 0 Å². The van der Waals surface area contributed by atoms with E-state index in [0.29, 0.717) is 38.5 Å². The minimum Gasteiger partial charge on any atom is -0.493 e. The molecule has 2 amide bonds. The van der Waals surface area contributed by atoms with Gasteiger partial charge in [-0.2, -0.15) is 0 Å². The highest BCUT2D eigenvalue weighted by molar-refractivity contribution is 6.07. The molecule has 0 saturated carbocycles. The van der Waals surface area contributed by atoms with Crippen molar-refractivity contribution in [3.05, 3.63) is 59.2 Å². The quantitative estimate of drug-likeness (QED) is 0.618. The molecule has 2 aliphatic heterocycles. The minimum atomic E-state index is -0.621. The van der Waals surface area contributed by atoms with E-state index in [1.54, 1.807) is 9.80 Å². The second-order valence-electron chi connectivity index (χ2n) is 8.12. The monoisotopic (exact) mass is 436 g/mol. The van der Waals surface area contributed by atoms with Gasteiger partial charge in [0.05, 0.1) is 18.9 Å². The summed E-state index contributed by atoms with van der Waals surface area (Å²) in [6, 6.07) is 13.0. The molecule has 8 heteroatoms. The number of ether oxygens (including phenoxy) is 1. The molecular formula is C24H28N4O4. The van der Waals surface area contributed by atoms with Crippen molar-refractivity contribution in [3.63, 3.8) is 0 Å². The number of carbonyl (C=O) groups is 2. The number of nitrogens with zero attached hydrogens (tertiary/aromatic N) is 3. The lowest BCUT2D eigenvalue weighted by molar-refractivity contribution is -0.130. The van der Waals surface area contributed by atoms with Crippen LogP contribution in [-0.4, -0.2) is 59.0 Å². The predicted molar refractivity (Wildman–Crippen MR) is 120 cm³/mol. The van der Waals surface area contributed by atoms with Crippen molar-refractivity contribution in [1.82, 2.24) is 15.1 Å². The molecule has 4 rings (SSSR count). The van der Waals surface area contributed by atoms with Gasteiger partial charge in [0.25, 0.3) is 5.91 Å². The van der Waals surface area contributed by atoms with Crippen LogP contribution in [0.1, 0.15) is 29.5 Å². The van der Waals surface area contributed by atoms with Crippen LogP contribution < -0.4 is 10.1 Å². The Labute approximate surface area is 187 Å². The van der Waals surface area contributed by atoms with Crippen molar-refractivity contribution in [1.29, 1.82) is 0 Å². The fourth-order valence-electron chi connectivity index (χ4n) is 4.02. The van der Waals surface area contributed by atoms with Gasteiger partial charge in [-0.3, -0.25) is 14.9 Å². The summed E-state index contributed by atoms with van der Waals surface area (Å²) in [7, 11) is 1.82. The molecule has 0 bridgehead atoms. The predicted octanol–water partition coefficient (Wildman–Crippen LogP) is 2.11. The van der Waals surface area contributed by atoms with E-state index in [-0.39, 0.29) is 18.4 Å². The lowest BCUT2D eigenvalue weighted by atomic mass is 10.0. The number of aliphatic hydroxyl groups excluding tert-OH is 1. The summed E-state index contributed by atoms with van der Waals surface area (Å²) in [6.45, 7) is 3.20. The van der Waals surface area contributed by atoms with Crippen molar-refractivity contribution in [2.75, 3.05) is 20.3 Å². The molecule has 8 nitrogen and oxygen atoms in total. The molecule has 1 fully saturated rings. The second-order valence-corrected chi connectivity index (χ2v) is 8.12. The van der Waals surface area contributed by atoms with Gasteiger partial charge in [-0.15, -0.1) is 0 Å². The van der Waals surface area contributed by atoms with Gasteiger partial charge in [0.2, 0.25) is 11.9 Å². The van der Waals surface area contributed by atoms with E-state index < -0.39 is 6.04 Å². The first kappa shape index (κ1) is 21.8.